The van der Waals surface area contributed by atoms with Crippen molar-refractivity contribution >= 4 is 18.4 Å². The van der Waals surface area contributed by atoms with E-state index in [1.165, 1.54) is 25.8 Å². The maximum atomic E-state index is 10.7. The number of carbonyl (C=O) groups is 1. The van der Waals surface area contributed by atoms with Crippen molar-refractivity contribution in [2.75, 3.05) is 19.6 Å². The van der Waals surface area contributed by atoms with E-state index in [1.54, 1.807) is 0 Å². The molecule has 2 aliphatic heterocycles. The molecule has 0 aromatic heterocycles. The number of nitrogens with zero attached hydrogens (tertiary/aromatic N) is 1. The molecule has 2 saturated heterocycles. The fourth-order valence-electron chi connectivity index (χ4n) is 3.39. The summed E-state index contributed by atoms with van der Waals surface area (Å²) in [6, 6.07) is 1.18. The summed E-state index contributed by atoms with van der Waals surface area (Å²) in [6.07, 6.45) is 4.78. The highest BCUT2D eigenvalue weighted by Crippen LogP contribution is 2.29. The standard InChI is InChI=1S/C13H24N2O2.ClH/c1-10-9-14-7-6-12(10)15-8-2-3-11(15)4-5-13(16)17;/h10-12,14H,2-9H2,1H3,(H,16,17);1H/t10?,11-,12?;/m0./s1. The highest BCUT2D eigenvalue weighted by atomic mass is 35.5. The van der Waals surface area contributed by atoms with Crippen LogP contribution in [0.3, 0.4) is 0 Å². The van der Waals surface area contributed by atoms with Gasteiger partial charge < -0.3 is 10.4 Å². The molecule has 0 spiro atoms. The average Bonchev–Trinajstić information content (AvgIpc) is 2.75. The number of piperidine rings is 1. The number of hydrogen-bond acceptors (Lipinski definition) is 3. The number of carboxylic acids is 1. The summed E-state index contributed by atoms with van der Waals surface area (Å²) >= 11 is 0. The topological polar surface area (TPSA) is 52.6 Å². The molecule has 2 aliphatic rings. The van der Waals surface area contributed by atoms with Crippen molar-refractivity contribution in [3.05, 3.63) is 0 Å². The molecule has 0 aromatic rings. The number of hydrogen-bond donors (Lipinski definition) is 2. The molecule has 0 aliphatic carbocycles. The van der Waals surface area contributed by atoms with Gasteiger partial charge in [0.25, 0.3) is 0 Å². The van der Waals surface area contributed by atoms with Crippen LogP contribution in [0.4, 0.5) is 0 Å². The Labute approximate surface area is 116 Å². The van der Waals surface area contributed by atoms with Gasteiger partial charge in [-0.25, -0.2) is 0 Å². The molecule has 0 aromatic carbocycles. The summed E-state index contributed by atoms with van der Waals surface area (Å²) in [5, 5.41) is 12.2. The van der Waals surface area contributed by atoms with Gasteiger partial charge in [0.05, 0.1) is 0 Å². The molecule has 0 amide bonds. The van der Waals surface area contributed by atoms with Crippen LogP contribution in [0.25, 0.3) is 0 Å². The molecule has 2 unspecified atom stereocenters. The van der Waals surface area contributed by atoms with Crippen molar-refractivity contribution in [1.29, 1.82) is 0 Å². The molecule has 0 radical (unpaired) electrons. The number of likely N-dealkylation sites (tertiary alicyclic amines) is 1. The maximum absolute atomic E-state index is 10.7. The minimum atomic E-state index is -0.657. The van der Waals surface area contributed by atoms with E-state index >= 15 is 0 Å². The molecule has 2 rings (SSSR count). The van der Waals surface area contributed by atoms with Gasteiger partial charge in [0.1, 0.15) is 0 Å². The first kappa shape index (κ1) is 15.7. The lowest BCUT2D eigenvalue weighted by atomic mass is 9.92. The van der Waals surface area contributed by atoms with Crippen molar-refractivity contribution < 1.29 is 9.90 Å². The lowest BCUT2D eigenvalue weighted by molar-refractivity contribution is -0.137. The first-order chi connectivity index (χ1) is 8.18. The van der Waals surface area contributed by atoms with Crippen molar-refractivity contribution in [2.45, 2.75) is 51.1 Å². The van der Waals surface area contributed by atoms with Gasteiger partial charge in [-0.15, -0.1) is 12.4 Å². The van der Waals surface area contributed by atoms with Gasteiger partial charge in [-0.1, -0.05) is 6.92 Å². The molecular weight excluding hydrogens is 252 g/mol. The molecule has 2 heterocycles. The van der Waals surface area contributed by atoms with Gasteiger partial charge in [0.2, 0.25) is 0 Å². The summed E-state index contributed by atoms with van der Waals surface area (Å²) in [4.78, 5) is 13.3. The number of carboxylic acid groups (broad SMARTS) is 1. The predicted octanol–water partition coefficient (Wildman–Crippen LogP) is 1.74. The Morgan fingerprint density at radius 2 is 2.22 bits per heavy atom. The Bertz CT molecular complexity index is 276. The molecule has 2 N–H and O–H groups in total. The first-order valence-electron chi connectivity index (χ1n) is 6.86. The predicted molar refractivity (Wildman–Crippen MR) is 74.3 cm³/mol. The molecule has 18 heavy (non-hydrogen) atoms. The van der Waals surface area contributed by atoms with Gasteiger partial charge in [-0.2, -0.15) is 0 Å². The van der Waals surface area contributed by atoms with Crippen LogP contribution in [0.15, 0.2) is 0 Å². The summed E-state index contributed by atoms with van der Waals surface area (Å²) in [5.74, 6) is 0.0318. The van der Waals surface area contributed by atoms with Crippen LogP contribution >= 0.6 is 12.4 Å². The number of halogens is 1. The van der Waals surface area contributed by atoms with E-state index in [0.29, 0.717) is 24.4 Å². The minimum absolute atomic E-state index is 0. The minimum Gasteiger partial charge on any atom is -0.481 e. The third-order valence-electron chi connectivity index (χ3n) is 4.28. The third kappa shape index (κ3) is 3.84. The molecule has 3 atom stereocenters. The van der Waals surface area contributed by atoms with Gasteiger partial charge in [0.15, 0.2) is 0 Å². The lowest BCUT2D eigenvalue weighted by Gasteiger charge is -2.40. The van der Waals surface area contributed by atoms with Gasteiger partial charge in [0, 0.05) is 18.5 Å². The quantitative estimate of drug-likeness (QED) is 0.821. The average molecular weight is 277 g/mol. The molecular formula is C13H25ClN2O2. The lowest BCUT2D eigenvalue weighted by Crippen LogP contribution is -2.50. The van der Waals surface area contributed by atoms with E-state index < -0.39 is 5.97 Å². The van der Waals surface area contributed by atoms with Crippen LogP contribution in [-0.4, -0.2) is 47.7 Å². The number of rotatable bonds is 4. The Morgan fingerprint density at radius 3 is 2.89 bits per heavy atom. The van der Waals surface area contributed by atoms with Crippen molar-refractivity contribution in [3.63, 3.8) is 0 Å². The molecule has 4 nitrogen and oxygen atoms in total. The summed E-state index contributed by atoms with van der Waals surface area (Å²) in [6.45, 7) is 5.69. The van der Waals surface area contributed by atoms with Crippen LogP contribution in [0, 0.1) is 5.92 Å². The van der Waals surface area contributed by atoms with E-state index in [0.717, 1.165) is 19.5 Å². The van der Waals surface area contributed by atoms with E-state index in [4.69, 9.17) is 5.11 Å². The SMILES string of the molecule is CC1CNCCC1N1CCC[C@H]1CCC(=O)O.Cl. The van der Waals surface area contributed by atoms with Crippen LogP contribution in [0.2, 0.25) is 0 Å². The van der Waals surface area contributed by atoms with E-state index in [1.807, 2.05) is 0 Å². The fourth-order valence-corrected chi connectivity index (χ4v) is 3.39. The molecule has 0 bridgehead atoms. The van der Waals surface area contributed by atoms with Crippen LogP contribution < -0.4 is 5.32 Å². The van der Waals surface area contributed by atoms with Crippen molar-refractivity contribution in [2.24, 2.45) is 5.92 Å². The van der Waals surface area contributed by atoms with E-state index in [9.17, 15) is 4.79 Å². The van der Waals surface area contributed by atoms with E-state index in [-0.39, 0.29) is 12.4 Å². The van der Waals surface area contributed by atoms with E-state index in [2.05, 4.69) is 17.1 Å². The Morgan fingerprint density at radius 1 is 1.44 bits per heavy atom. The number of aliphatic carboxylic acids is 1. The van der Waals surface area contributed by atoms with Gasteiger partial charge >= 0.3 is 5.97 Å². The first-order valence-corrected chi connectivity index (χ1v) is 6.86. The van der Waals surface area contributed by atoms with Gasteiger partial charge in [-0.05, 0) is 51.2 Å². The van der Waals surface area contributed by atoms with Crippen LogP contribution in [0.5, 0.6) is 0 Å². The summed E-state index contributed by atoms with van der Waals surface area (Å²) < 4.78 is 0. The maximum Gasteiger partial charge on any atom is 0.303 e. The largest absolute Gasteiger partial charge is 0.481 e. The van der Waals surface area contributed by atoms with Crippen molar-refractivity contribution in [3.8, 4) is 0 Å². The zero-order chi connectivity index (χ0) is 12.3. The molecule has 106 valence electrons. The van der Waals surface area contributed by atoms with Crippen LogP contribution in [-0.2, 0) is 4.79 Å². The Hall–Kier alpha value is -0.320. The Balaban J connectivity index is 0.00000162. The normalized spacial score (nSPS) is 33.1. The Kier molecular flexibility index (Phi) is 6.39. The second kappa shape index (κ2) is 7.31. The molecule has 5 heteroatoms. The fraction of sp³-hybridized carbons (Fsp3) is 0.923. The highest BCUT2D eigenvalue weighted by Gasteiger charge is 2.34. The highest BCUT2D eigenvalue weighted by molar-refractivity contribution is 5.85. The zero-order valence-electron chi connectivity index (χ0n) is 11.1. The summed E-state index contributed by atoms with van der Waals surface area (Å²) in [5.41, 5.74) is 0. The monoisotopic (exact) mass is 276 g/mol. The van der Waals surface area contributed by atoms with Crippen molar-refractivity contribution in [1.82, 2.24) is 10.2 Å². The smallest absolute Gasteiger partial charge is 0.303 e. The molecule has 0 saturated carbocycles. The molecule has 2 fully saturated rings. The van der Waals surface area contributed by atoms with Crippen LogP contribution in [0.1, 0.15) is 39.0 Å². The second-order valence-electron chi connectivity index (χ2n) is 5.50. The zero-order valence-corrected chi connectivity index (χ0v) is 11.9. The third-order valence-corrected chi connectivity index (χ3v) is 4.28. The number of nitrogens with one attached hydrogen (secondary N) is 1. The second-order valence-corrected chi connectivity index (χ2v) is 5.50. The summed E-state index contributed by atoms with van der Waals surface area (Å²) in [7, 11) is 0. The van der Waals surface area contributed by atoms with Gasteiger partial charge in [-0.3, -0.25) is 9.69 Å².